The molecule has 2 saturated heterocycles. The molecule has 0 bridgehead atoms. The van der Waals surface area contributed by atoms with Gasteiger partial charge in [0.15, 0.2) is 0 Å². The summed E-state index contributed by atoms with van der Waals surface area (Å²) in [6.07, 6.45) is 7.42. The summed E-state index contributed by atoms with van der Waals surface area (Å²) in [6, 6.07) is 36.8. The molecular weight excluding hydrogens is 1250 g/mol. The zero-order chi connectivity index (χ0) is 67.9. The van der Waals surface area contributed by atoms with Crippen molar-refractivity contribution in [2.45, 2.75) is 114 Å². The van der Waals surface area contributed by atoms with E-state index < -0.39 is 11.7 Å². The molecule has 0 unspecified atom stereocenters. The number of hydrogen-bond acceptors (Lipinski definition) is 15. The number of hydrogen-bond donors (Lipinski definition) is 3. The highest BCUT2D eigenvalue weighted by atomic mass is 19.4. The van der Waals surface area contributed by atoms with Gasteiger partial charge in [-0.2, -0.15) is 28.5 Å². The van der Waals surface area contributed by atoms with Crippen LogP contribution in [0.15, 0.2) is 134 Å². The van der Waals surface area contributed by atoms with E-state index >= 15 is 0 Å². The number of nitrogens with one attached hydrogen (secondary N) is 3. The number of morpholine rings is 2. The quantitative estimate of drug-likeness (QED) is 0.0326. The second-order valence-electron chi connectivity index (χ2n) is 25.0. The molecule has 8 aromatic rings. The predicted octanol–water partition coefficient (Wildman–Crippen LogP) is 15.5. The van der Waals surface area contributed by atoms with Crippen molar-refractivity contribution in [3.63, 3.8) is 0 Å². The summed E-state index contributed by atoms with van der Waals surface area (Å²) in [7, 11) is 6.30. The second kappa shape index (κ2) is 42.1. The van der Waals surface area contributed by atoms with Gasteiger partial charge >= 0.3 is 6.18 Å². The maximum atomic E-state index is 13.5. The molecule has 0 radical (unpaired) electrons. The van der Waals surface area contributed by atoms with Crippen molar-refractivity contribution in [2.24, 2.45) is 5.92 Å². The Bertz CT molecular complexity index is 3440. The van der Waals surface area contributed by atoms with Gasteiger partial charge in [0.25, 0.3) is 0 Å². The van der Waals surface area contributed by atoms with Gasteiger partial charge in [0.1, 0.15) is 61.8 Å². The SMILES string of the molecule is C.C.CCCCN(C)Cc1cn[nH]c1-c1ccc(OCCOc2ccc(OCCN3CCOCC3)cc2)cc1.CCCCN(C)Cc1cn[nH]c1-c1ccc(OCCOc2cccc(N3CCOCC3)c2)cc1.CCCN(C)Cc1cn[nH]c1-c1ccc(CC(C)C)c(C(F)(F)F)c1. The minimum atomic E-state index is -4.36. The van der Waals surface area contributed by atoms with Crippen LogP contribution in [0.2, 0.25) is 0 Å². The summed E-state index contributed by atoms with van der Waals surface area (Å²) in [5, 5.41) is 21.8. The zero-order valence-electron chi connectivity index (χ0n) is 57.7. The van der Waals surface area contributed by atoms with Crippen LogP contribution in [0.5, 0.6) is 28.7 Å². The number of unbranched alkanes of at least 4 members (excludes halogenated alkanes) is 2. The fourth-order valence-corrected chi connectivity index (χ4v) is 11.4. The smallest absolute Gasteiger partial charge is 0.416 e. The van der Waals surface area contributed by atoms with E-state index in [4.69, 9.17) is 33.2 Å². The van der Waals surface area contributed by atoms with Gasteiger partial charge in [-0.05, 0) is 169 Å². The lowest BCUT2D eigenvalue weighted by Gasteiger charge is -2.29. The van der Waals surface area contributed by atoms with Crippen LogP contribution in [-0.4, -0.2) is 183 Å². The number of alkyl halides is 3. The van der Waals surface area contributed by atoms with E-state index in [1.54, 1.807) is 18.3 Å². The van der Waals surface area contributed by atoms with Gasteiger partial charge < -0.3 is 52.8 Å². The number of H-pyrrole nitrogens is 3. The summed E-state index contributed by atoms with van der Waals surface area (Å²) in [5.74, 6) is 4.32. The molecule has 0 amide bonds. The molecule has 3 aromatic heterocycles. The summed E-state index contributed by atoms with van der Waals surface area (Å²) in [5.41, 5.74) is 9.80. The average Bonchev–Trinajstić information content (AvgIpc) is 0.979. The van der Waals surface area contributed by atoms with Crippen LogP contribution in [0, 0.1) is 5.92 Å². The number of aromatic nitrogens is 6. The summed E-state index contributed by atoms with van der Waals surface area (Å²) in [4.78, 5) is 11.5. The zero-order valence-corrected chi connectivity index (χ0v) is 57.7. The highest BCUT2D eigenvalue weighted by Gasteiger charge is 2.34. The number of aromatic amines is 3. The van der Waals surface area contributed by atoms with Crippen LogP contribution in [0.3, 0.4) is 0 Å². The lowest BCUT2D eigenvalue weighted by Crippen LogP contribution is -2.38. The van der Waals surface area contributed by atoms with Crippen LogP contribution in [-0.2, 0) is 41.7 Å². The van der Waals surface area contributed by atoms with E-state index in [-0.39, 0.29) is 20.8 Å². The fourth-order valence-electron chi connectivity index (χ4n) is 11.4. The van der Waals surface area contributed by atoms with Crippen molar-refractivity contribution in [1.82, 2.24) is 50.2 Å². The monoisotopic (exact) mass is 1360 g/mol. The molecule has 98 heavy (non-hydrogen) atoms. The molecule has 2 aliphatic heterocycles. The Morgan fingerprint density at radius 3 is 1.33 bits per heavy atom. The number of rotatable bonds is 34. The van der Waals surface area contributed by atoms with E-state index in [9.17, 15) is 13.2 Å². The van der Waals surface area contributed by atoms with Crippen molar-refractivity contribution < 1.29 is 46.3 Å². The van der Waals surface area contributed by atoms with Crippen LogP contribution in [0.25, 0.3) is 33.8 Å². The normalized spacial score (nSPS) is 13.3. The molecule has 2 aliphatic rings. The molecule has 0 spiro atoms. The first kappa shape index (κ1) is 79.1. The molecule has 0 aliphatic carbocycles. The molecule has 0 saturated carbocycles. The topological polar surface area (TPSA) is 167 Å². The van der Waals surface area contributed by atoms with E-state index in [1.165, 1.54) is 48.6 Å². The van der Waals surface area contributed by atoms with E-state index in [0.29, 0.717) is 62.8 Å². The average molecular weight is 1360 g/mol. The van der Waals surface area contributed by atoms with E-state index in [0.717, 1.165) is 155 Å². The van der Waals surface area contributed by atoms with E-state index in [1.807, 2.05) is 94.0 Å². The summed E-state index contributed by atoms with van der Waals surface area (Å²) in [6.45, 7) is 26.3. The van der Waals surface area contributed by atoms with Crippen LogP contribution in [0.1, 0.15) is 109 Å². The van der Waals surface area contributed by atoms with Crippen molar-refractivity contribution >= 4 is 5.69 Å². The van der Waals surface area contributed by atoms with Crippen LogP contribution in [0.4, 0.5) is 18.9 Å². The predicted molar refractivity (Wildman–Crippen MR) is 389 cm³/mol. The van der Waals surface area contributed by atoms with Crippen molar-refractivity contribution in [2.75, 3.05) is 138 Å². The maximum absolute atomic E-state index is 13.5. The van der Waals surface area contributed by atoms with Gasteiger partial charge in [-0.3, -0.25) is 20.2 Å². The molecular formula is C77H110F3N11O7. The molecule has 5 aromatic carbocycles. The van der Waals surface area contributed by atoms with Gasteiger partial charge in [-0.25, -0.2) is 0 Å². The fraction of sp³-hybridized carbons (Fsp3) is 0.494. The number of nitrogens with zero attached hydrogens (tertiary/aromatic N) is 8. The Balaban J connectivity index is 0.000000234. The molecule has 3 N–H and O–H groups in total. The van der Waals surface area contributed by atoms with Crippen molar-refractivity contribution in [3.8, 4) is 62.5 Å². The second-order valence-corrected chi connectivity index (χ2v) is 25.0. The van der Waals surface area contributed by atoms with Crippen LogP contribution < -0.4 is 28.6 Å². The first-order valence-electron chi connectivity index (χ1n) is 34.2. The summed E-state index contributed by atoms with van der Waals surface area (Å²) >= 11 is 0. The number of anilines is 1. The Hall–Kier alpha value is -7.92. The molecule has 21 heteroatoms. The van der Waals surface area contributed by atoms with Gasteiger partial charge in [0.05, 0.1) is 67.7 Å². The third-order valence-corrected chi connectivity index (χ3v) is 16.5. The summed E-state index contributed by atoms with van der Waals surface area (Å²) < 4.78 is 80.7. The minimum absolute atomic E-state index is 0. The van der Waals surface area contributed by atoms with Gasteiger partial charge in [0.2, 0.25) is 0 Å². The highest BCUT2D eigenvalue weighted by molar-refractivity contribution is 5.66. The number of ether oxygens (including phenoxy) is 7. The molecule has 0 atom stereocenters. The molecule has 536 valence electrons. The van der Waals surface area contributed by atoms with Gasteiger partial charge in [0, 0.05) is 97.5 Å². The largest absolute Gasteiger partial charge is 0.492 e. The first-order valence-corrected chi connectivity index (χ1v) is 34.2. The van der Waals surface area contributed by atoms with E-state index in [2.05, 4.69) is 126 Å². The van der Waals surface area contributed by atoms with Crippen molar-refractivity contribution in [1.29, 1.82) is 0 Å². The number of benzene rings is 5. The number of halogens is 3. The maximum Gasteiger partial charge on any atom is 0.416 e. The van der Waals surface area contributed by atoms with Crippen molar-refractivity contribution in [3.05, 3.63) is 162 Å². The Labute approximate surface area is 581 Å². The molecule has 2 fully saturated rings. The van der Waals surface area contributed by atoms with Gasteiger partial charge in [-0.15, -0.1) is 0 Å². The Morgan fingerprint density at radius 1 is 0.480 bits per heavy atom. The lowest BCUT2D eigenvalue weighted by molar-refractivity contribution is -0.138. The third kappa shape index (κ3) is 26.1. The third-order valence-electron chi connectivity index (χ3n) is 16.5. The lowest BCUT2D eigenvalue weighted by atomic mass is 9.94. The minimum Gasteiger partial charge on any atom is -0.492 e. The first-order chi connectivity index (χ1) is 46.7. The van der Waals surface area contributed by atoms with Gasteiger partial charge in [-0.1, -0.05) is 80.5 Å². The molecule has 10 rings (SSSR count). The molecule has 18 nitrogen and oxygen atoms in total. The standard InChI is InChI=1S/C29H40N4O4.C27H36N4O3.C19H26F3N3.2CH4/c1-3-4-13-32(2)23-25-22-30-31-29(25)24-5-7-26(8-6-24)36-20-21-37-28-11-9-27(10-12-28)35-19-16-33-14-17-34-18-15-33;1-3-4-12-30(2)21-23-20-28-29-27(23)22-8-10-25(11-9-22)33-17-18-34-26-7-5-6-24(19-26)31-13-15-32-16-14-31;1-5-8-25(4)12-16-11-23-24-18(16)15-7-6-14(9-13(2)3)17(10-15)19(20,21)22;;/h5-12,22H,3-4,13-21,23H2,1-2H3,(H,30,31);5-11,19-20H,3-4,12-18,21H2,1-2H3,(H,28,29);6-7,10-11,13H,5,8-9,12H2,1-4H3,(H,23,24);2*1H4. The Kier molecular flexibility index (Phi) is 34.0. The van der Waals surface area contributed by atoms with Crippen LogP contribution >= 0.6 is 0 Å². The Morgan fingerprint density at radius 2 is 0.888 bits per heavy atom. The molecule has 5 heterocycles. The highest BCUT2D eigenvalue weighted by Crippen LogP contribution is 2.37.